The van der Waals surface area contributed by atoms with E-state index in [0.29, 0.717) is 16.3 Å². The van der Waals surface area contributed by atoms with Gasteiger partial charge in [0.1, 0.15) is 0 Å². The van der Waals surface area contributed by atoms with Gasteiger partial charge >= 0.3 is 5.97 Å². The van der Waals surface area contributed by atoms with E-state index in [4.69, 9.17) is 11.6 Å². The minimum absolute atomic E-state index is 0.255. The van der Waals surface area contributed by atoms with Crippen LogP contribution in [0.3, 0.4) is 0 Å². The zero-order valence-corrected chi connectivity index (χ0v) is 15.0. The number of aryl methyl sites for hydroxylation is 1. The minimum Gasteiger partial charge on any atom is -0.465 e. The largest absolute Gasteiger partial charge is 0.465 e. The van der Waals surface area contributed by atoms with Crippen LogP contribution >= 0.6 is 22.9 Å². The van der Waals surface area contributed by atoms with Gasteiger partial charge in [0.05, 0.1) is 34.0 Å². The van der Waals surface area contributed by atoms with Gasteiger partial charge in [-0.05, 0) is 35.7 Å². The summed E-state index contributed by atoms with van der Waals surface area (Å²) in [4.78, 5) is 25.1. The quantitative estimate of drug-likeness (QED) is 0.703. The molecule has 0 radical (unpaired) electrons. The first-order valence-electron chi connectivity index (χ1n) is 7.26. The molecule has 0 bridgehead atoms. The number of halogens is 1. The van der Waals surface area contributed by atoms with Crippen LogP contribution in [-0.4, -0.2) is 28.8 Å². The molecule has 0 unspecified atom stereocenters. The molecule has 0 fully saturated rings. The van der Waals surface area contributed by atoms with Crippen molar-refractivity contribution in [3.05, 3.63) is 58.1 Å². The average Bonchev–Trinajstić information content (AvgIpc) is 3.25. The van der Waals surface area contributed by atoms with Crippen molar-refractivity contribution in [3.8, 4) is 10.6 Å². The number of anilines is 1. The van der Waals surface area contributed by atoms with Crippen molar-refractivity contribution >= 4 is 40.5 Å². The summed E-state index contributed by atoms with van der Waals surface area (Å²) in [7, 11) is 3.06. The molecule has 0 atom stereocenters. The highest BCUT2D eigenvalue weighted by Crippen LogP contribution is 2.27. The highest BCUT2D eigenvalue weighted by Gasteiger charge is 2.17. The van der Waals surface area contributed by atoms with Crippen molar-refractivity contribution < 1.29 is 14.3 Å². The van der Waals surface area contributed by atoms with E-state index < -0.39 is 11.9 Å². The number of amides is 1. The van der Waals surface area contributed by atoms with E-state index in [9.17, 15) is 9.59 Å². The fourth-order valence-electron chi connectivity index (χ4n) is 2.29. The van der Waals surface area contributed by atoms with Crippen molar-refractivity contribution in [1.29, 1.82) is 0 Å². The third kappa shape index (κ3) is 3.57. The number of rotatable bonds is 4. The molecule has 2 aromatic heterocycles. The summed E-state index contributed by atoms with van der Waals surface area (Å²) in [5, 5.41) is 9.20. The van der Waals surface area contributed by atoms with Gasteiger partial charge in [0, 0.05) is 7.05 Å². The number of carbonyl (C=O) groups is 2. The summed E-state index contributed by atoms with van der Waals surface area (Å²) in [6, 6.07) is 10.1. The van der Waals surface area contributed by atoms with Crippen molar-refractivity contribution in [3.63, 3.8) is 0 Å². The van der Waals surface area contributed by atoms with Crippen molar-refractivity contribution in [1.82, 2.24) is 9.78 Å². The standard InChI is InChI=1S/C17H14ClN3O3S/c1-21-14(15-4-3-7-25-15)9-13(20-21)16(22)19-12-8-10(17(23)24-2)5-6-11(12)18/h3-9H,1-2H3,(H,19,22). The number of hydrogen-bond donors (Lipinski definition) is 1. The molecule has 0 aliphatic rings. The molecule has 128 valence electrons. The van der Waals surface area contributed by atoms with Crippen LogP contribution in [0.15, 0.2) is 41.8 Å². The number of aromatic nitrogens is 2. The van der Waals surface area contributed by atoms with Gasteiger partial charge < -0.3 is 10.1 Å². The van der Waals surface area contributed by atoms with Gasteiger partial charge in [-0.25, -0.2) is 4.79 Å². The zero-order valence-electron chi connectivity index (χ0n) is 13.4. The highest BCUT2D eigenvalue weighted by atomic mass is 35.5. The number of esters is 1. The van der Waals surface area contributed by atoms with Gasteiger partial charge in [-0.3, -0.25) is 9.48 Å². The molecule has 25 heavy (non-hydrogen) atoms. The fourth-order valence-corrected chi connectivity index (χ4v) is 3.22. The topological polar surface area (TPSA) is 73.2 Å². The molecule has 1 N–H and O–H groups in total. The molecule has 8 heteroatoms. The molecule has 0 aliphatic heterocycles. The van der Waals surface area contributed by atoms with E-state index in [-0.39, 0.29) is 5.69 Å². The third-order valence-corrected chi connectivity index (χ3v) is 4.74. The van der Waals surface area contributed by atoms with Gasteiger partial charge in [0.2, 0.25) is 0 Å². The molecule has 0 saturated heterocycles. The van der Waals surface area contributed by atoms with Crippen LogP contribution in [0.25, 0.3) is 10.6 Å². The first-order chi connectivity index (χ1) is 12.0. The third-order valence-electron chi connectivity index (χ3n) is 3.52. The Morgan fingerprint density at radius 3 is 2.76 bits per heavy atom. The molecule has 1 amide bonds. The summed E-state index contributed by atoms with van der Waals surface area (Å²) in [6.07, 6.45) is 0. The first kappa shape index (κ1) is 17.2. The molecule has 1 aromatic carbocycles. The maximum absolute atomic E-state index is 12.5. The first-order valence-corrected chi connectivity index (χ1v) is 8.52. The highest BCUT2D eigenvalue weighted by molar-refractivity contribution is 7.13. The van der Waals surface area contributed by atoms with Crippen molar-refractivity contribution in [2.75, 3.05) is 12.4 Å². The number of thiophene rings is 1. The molecule has 0 saturated carbocycles. The van der Waals surface area contributed by atoms with E-state index in [0.717, 1.165) is 10.6 Å². The number of hydrogen-bond acceptors (Lipinski definition) is 5. The van der Waals surface area contributed by atoms with Crippen molar-refractivity contribution in [2.45, 2.75) is 0 Å². The minimum atomic E-state index is -0.509. The number of nitrogens with zero attached hydrogens (tertiary/aromatic N) is 2. The van der Waals surface area contributed by atoms with Crippen LogP contribution in [0.4, 0.5) is 5.69 Å². The SMILES string of the molecule is COC(=O)c1ccc(Cl)c(NC(=O)c2cc(-c3cccs3)n(C)n2)c1. The molecule has 3 rings (SSSR count). The van der Waals surface area contributed by atoms with Crippen molar-refractivity contribution in [2.24, 2.45) is 7.05 Å². The van der Waals surface area contributed by atoms with Gasteiger partial charge in [-0.1, -0.05) is 17.7 Å². The summed E-state index contributed by atoms with van der Waals surface area (Å²) in [5.74, 6) is -0.924. The predicted octanol–water partition coefficient (Wildman–Crippen LogP) is 3.84. The lowest BCUT2D eigenvalue weighted by molar-refractivity contribution is 0.0600. The maximum atomic E-state index is 12.5. The molecule has 6 nitrogen and oxygen atoms in total. The fraction of sp³-hybridized carbons (Fsp3) is 0.118. The Morgan fingerprint density at radius 1 is 1.28 bits per heavy atom. The number of methoxy groups -OCH3 is 1. The Kier molecular flexibility index (Phi) is 4.87. The normalized spacial score (nSPS) is 10.5. The Morgan fingerprint density at radius 2 is 2.08 bits per heavy atom. The number of benzene rings is 1. The lowest BCUT2D eigenvalue weighted by Gasteiger charge is -2.07. The van der Waals surface area contributed by atoms with Crippen LogP contribution in [-0.2, 0) is 11.8 Å². The average molecular weight is 376 g/mol. The van der Waals surface area contributed by atoms with Gasteiger partial charge in [-0.15, -0.1) is 11.3 Å². The Hall–Kier alpha value is -2.64. The smallest absolute Gasteiger partial charge is 0.337 e. The van der Waals surface area contributed by atoms with Gasteiger partial charge in [-0.2, -0.15) is 5.10 Å². The van der Waals surface area contributed by atoms with E-state index in [1.54, 1.807) is 29.1 Å². The molecule has 3 aromatic rings. The van der Waals surface area contributed by atoms with Crippen LogP contribution < -0.4 is 5.32 Å². The Labute approximate surface area is 153 Å². The van der Waals surface area contributed by atoms with Crippen LogP contribution in [0, 0.1) is 0 Å². The molecule has 0 spiro atoms. The van der Waals surface area contributed by atoms with E-state index in [1.165, 1.54) is 25.3 Å². The lowest BCUT2D eigenvalue weighted by atomic mass is 10.2. The molecule has 2 heterocycles. The van der Waals surface area contributed by atoms with Crippen LogP contribution in [0.1, 0.15) is 20.8 Å². The maximum Gasteiger partial charge on any atom is 0.337 e. The second kappa shape index (κ2) is 7.08. The van der Waals surface area contributed by atoms with E-state index in [1.807, 2.05) is 17.5 Å². The Bertz CT molecular complexity index is 935. The molecular formula is C17H14ClN3O3S. The van der Waals surface area contributed by atoms with Crippen LogP contribution in [0.5, 0.6) is 0 Å². The van der Waals surface area contributed by atoms with Crippen LogP contribution in [0.2, 0.25) is 5.02 Å². The summed E-state index contributed by atoms with van der Waals surface area (Å²) >= 11 is 7.67. The lowest BCUT2D eigenvalue weighted by Crippen LogP contribution is -2.14. The second-order valence-electron chi connectivity index (χ2n) is 5.16. The van der Waals surface area contributed by atoms with E-state index in [2.05, 4.69) is 15.2 Å². The predicted molar refractivity (Wildman–Crippen MR) is 97.3 cm³/mol. The molecular weight excluding hydrogens is 362 g/mol. The zero-order chi connectivity index (χ0) is 18.0. The second-order valence-corrected chi connectivity index (χ2v) is 6.51. The number of ether oxygens (including phenoxy) is 1. The number of nitrogens with one attached hydrogen (secondary N) is 1. The van der Waals surface area contributed by atoms with Gasteiger partial charge in [0.25, 0.3) is 5.91 Å². The Balaban J connectivity index is 1.86. The summed E-state index contributed by atoms with van der Waals surface area (Å²) < 4.78 is 6.32. The summed E-state index contributed by atoms with van der Waals surface area (Å²) in [6.45, 7) is 0. The van der Waals surface area contributed by atoms with Gasteiger partial charge in [0.15, 0.2) is 5.69 Å². The van der Waals surface area contributed by atoms with E-state index >= 15 is 0 Å². The number of carbonyl (C=O) groups excluding carboxylic acids is 2. The molecule has 0 aliphatic carbocycles. The summed E-state index contributed by atoms with van der Waals surface area (Å²) in [5.41, 5.74) is 1.71. The monoisotopic (exact) mass is 375 g/mol.